The molecule has 1 aliphatic heterocycles. The van der Waals surface area contributed by atoms with Crippen LogP contribution < -0.4 is 5.32 Å². The number of hydrogen-bond acceptors (Lipinski definition) is 3. The maximum absolute atomic E-state index is 11.9. The summed E-state index contributed by atoms with van der Waals surface area (Å²) >= 11 is 3.35. The van der Waals surface area contributed by atoms with Crippen molar-refractivity contribution in [3.05, 3.63) is 46.0 Å². The van der Waals surface area contributed by atoms with Gasteiger partial charge in [0.25, 0.3) is 5.91 Å². The molecule has 1 aromatic carbocycles. The van der Waals surface area contributed by atoms with Gasteiger partial charge in [-0.15, -0.1) is 10.2 Å². The Balaban J connectivity index is 1.54. The van der Waals surface area contributed by atoms with Gasteiger partial charge >= 0.3 is 0 Å². The fourth-order valence-corrected chi connectivity index (χ4v) is 2.65. The number of amides is 1. The summed E-state index contributed by atoms with van der Waals surface area (Å²) in [5, 5.41) is 11.2. The highest BCUT2D eigenvalue weighted by atomic mass is 79.9. The minimum atomic E-state index is -0.0568. The first-order chi connectivity index (χ1) is 9.74. The summed E-state index contributed by atoms with van der Waals surface area (Å²) < 4.78 is 3.12. The molecule has 3 rings (SSSR count). The fourth-order valence-electron chi connectivity index (χ4n) is 2.39. The van der Waals surface area contributed by atoms with Gasteiger partial charge in [0.15, 0.2) is 0 Å². The predicted octanol–water partition coefficient (Wildman–Crippen LogP) is 1.96. The Morgan fingerprint density at radius 2 is 2.10 bits per heavy atom. The molecular formula is C14H15BrN4O. The number of carbonyl (C=O) groups is 1. The lowest BCUT2D eigenvalue weighted by Gasteiger charge is -2.06. The fraction of sp³-hybridized carbons (Fsp3) is 0.357. The number of fused-ring (bicyclic) bond motifs is 1. The van der Waals surface area contributed by atoms with Crippen LogP contribution in [0.15, 0.2) is 28.7 Å². The average Bonchev–Trinajstić information content (AvgIpc) is 3.04. The highest BCUT2D eigenvalue weighted by Crippen LogP contribution is 2.14. The van der Waals surface area contributed by atoms with E-state index in [2.05, 4.69) is 36.0 Å². The van der Waals surface area contributed by atoms with Gasteiger partial charge in [-0.25, -0.2) is 0 Å². The van der Waals surface area contributed by atoms with E-state index in [1.807, 2.05) is 12.1 Å². The van der Waals surface area contributed by atoms with E-state index in [-0.39, 0.29) is 5.91 Å². The summed E-state index contributed by atoms with van der Waals surface area (Å²) in [7, 11) is 0. The minimum absolute atomic E-state index is 0.0568. The van der Waals surface area contributed by atoms with Crippen LogP contribution in [0.25, 0.3) is 0 Å². The molecule has 0 fully saturated rings. The lowest BCUT2D eigenvalue weighted by Crippen LogP contribution is -2.26. The van der Waals surface area contributed by atoms with E-state index in [0.29, 0.717) is 12.1 Å². The molecule has 1 N–H and O–H groups in total. The highest BCUT2D eigenvalue weighted by Gasteiger charge is 2.16. The molecule has 2 heterocycles. The minimum Gasteiger partial charge on any atom is -0.352 e. The molecule has 6 heteroatoms. The third-order valence-corrected chi connectivity index (χ3v) is 3.96. The van der Waals surface area contributed by atoms with Crippen LogP contribution in [0.4, 0.5) is 0 Å². The van der Waals surface area contributed by atoms with E-state index in [4.69, 9.17) is 0 Å². The smallest absolute Gasteiger partial charge is 0.251 e. The molecule has 1 aromatic heterocycles. The van der Waals surface area contributed by atoms with Crippen molar-refractivity contribution in [2.75, 3.05) is 6.54 Å². The second kappa shape index (κ2) is 5.75. The number of nitrogens with zero attached hydrogens (tertiary/aromatic N) is 3. The van der Waals surface area contributed by atoms with Crippen molar-refractivity contribution in [3.63, 3.8) is 0 Å². The summed E-state index contributed by atoms with van der Waals surface area (Å²) in [6.07, 6.45) is 2.87. The topological polar surface area (TPSA) is 59.8 Å². The summed E-state index contributed by atoms with van der Waals surface area (Å²) in [5.41, 5.74) is 0.666. The molecule has 1 amide bonds. The van der Waals surface area contributed by atoms with E-state index in [9.17, 15) is 4.79 Å². The van der Waals surface area contributed by atoms with Gasteiger partial charge in [-0.1, -0.05) is 15.9 Å². The van der Waals surface area contributed by atoms with E-state index in [1.54, 1.807) is 12.1 Å². The first kappa shape index (κ1) is 13.3. The average molecular weight is 335 g/mol. The number of aromatic nitrogens is 3. The summed E-state index contributed by atoms with van der Waals surface area (Å²) in [6, 6.07) is 7.32. The normalized spacial score (nSPS) is 13.2. The molecule has 20 heavy (non-hydrogen) atoms. The summed E-state index contributed by atoms with van der Waals surface area (Å²) in [4.78, 5) is 11.9. The third kappa shape index (κ3) is 2.75. The molecule has 0 atom stereocenters. The van der Waals surface area contributed by atoms with Gasteiger partial charge in [-0.2, -0.15) is 0 Å². The van der Waals surface area contributed by atoms with Crippen molar-refractivity contribution in [1.29, 1.82) is 0 Å². The summed E-state index contributed by atoms with van der Waals surface area (Å²) in [6.45, 7) is 1.57. The zero-order valence-corrected chi connectivity index (χ0v) is 12.6. The largest absolute Gasteiger partial charge is 0.352 e. The number of benzene rings is 1. The first-order valence-electron chi connectivity index (χ1n) is 6.69. The predicted molar refractivity (Wildman–Crippen MR) is 78.5 cm³/mol. The molecule has 0 unspecified atom stereocenters. The number of aryl methyl sites for hydroxylation is 1. The molecule has 0 spiro atoms. The Morgan fingerprint density at radius 1 is 1.30 bits per heavy atom. The van der Waals surface area contributed by atoms with E-state index in [1.165, 1.54) is 0 Å². The van der Waals surface area contributed by atoms with Crippen LogP contribution in [0.3, 0.4) is 0 Å². The lowest BCUT2D eigenvalue weighted by atomic mass is 10.2. The molecule has 2 aromatic rings. The molecule has 104 valence electrons. The van der Waals surface area contributed by atoms with Gasteiger partial charge in [0.05, 0.1) is 0 Å². The van der Waals surface area contributed by atoms with Crippen molar-refractivity contribution >= 4 is 21.8 Å². The van der Waals surface area contributed by atoms with Crippen molar-refractivity contribution in [2.45, 2.75) is 25.8 Å². The Hall–Kier alpha value is -1.69. The van der Waals surface area contributed by atoms with Gasteiger partial charge in [0.1, 0.15) is 11.6 Å². The van der Waals surface area contributed by atoms with E-state index < -0.39 is 0 Å². The molecule has 0 bridgehead atoms. The standard InChI is InChI=1S/C14H15BrN4O/c15-11-5-3-10(4-6-11)14(20)16-8-7-13-18-17-12-2-1-9-19(12)13/h3-6H,1-2,7-9H2,(H,16,20). The van der Waals surface area contributed by atoms with Gasteiger partial charge in [0, 0.05) is 36.0 Å². The van der Waals surface area contributed by atoms with Crippen molar-refractivity contribution in [3.8, 4) is 0 Å². The maximum Gasteiger partial charge on any atom is 0.251 e. The Kier molecular flexibility index (Phi) is 3.82. The van der Waals surface area contributed by atoms with Crippen LogP contribution in [0.2, 0.25) is 0 Å². The maximum atomic E-state index is 11.9. The van der Waals surface area contributed by atoms with Crippen molar-refractivity contribution in [2.24, 2.45) is 0 Å². The Labute approximate surface area is 125 Å². The summed E-state index contributed by atoms with van der Waals surface area (Å²) in [5.74, 6) is 1.98. The van der Waals surface area contributed by atoms with Crippen LogP contribution in [0.5, 0.6) is 0 Å². The monoisotopic (exact) mass is 334 g/mol. The molecule has 0 radical (unpaired) electrons. The zero-order valence-electron chi connectivity index (χ0n) is 11.0. The van der Waals surface area contributed by atoms with Gasteiger partial charge in [-0.05, 0) is 30.7 Å². The molecule has 0 saturated heterocycles. The van der Waals surface area contributed by atoms with Crippen LogP contribution in [0, 0.1) is 0 Å². The van der Waals surface area contributed by atoms with Crippen molar-refractivity contribution < 1.29 is 4.79 Å². The zero-order chi connectivity index (χ0) is 13.9. The molecule has 0 aliphatic carbocycles. The van der Waals surface area contributed by atoms with Gasteiger partial charge in [-0.3, -0.25) is 4.79 Å². The highest BCUT2D eigenvalue weighted by molar-refractivity contribution is 9.10. The van der Waals surface area contributed by atoms with E-state index in [0.717, 1.165) is 41.9 Å². The number of carbonyl (C=O) groups excluding carboxylic acids is 1. The first-order valence-corrected chi connectivity index (χ1v) is 7.48. The lowest BCUT2D eigenvalue weighted by molar-refractivity contribution is 0.0954. The van der Waals surface area contributed by atoms with Crippen LogP contribution in [-0.2, 0) is 19.4 Å². The SMILES string of the molecule is O=C(NCCc1nnc2n1CCC2)c1ccc(Br)cc1. The number of hydrogen-bond donors (Lipinski definition) is 1. The number of halogens is 1. The quantitative estimate of drug-likeness (QED) is 0.929. The van der Waals surface area contributed by atoms with Gasteiger partial charge < -0.3 is 9.88 Å². The number of rotatable bonds is 4. The van der Waals surface area contributed by atoms with Crippen LogP contribution in [0.1, 0.15) is 28.4 Å². The van der Waals surface area contributed by atoms with Gasteiger partial charge in [0.2, 0.25) is 0 Å². The molecular weight excluding hydrogens is 320 g/mol. The molecule has 1 aliphatic rings. The van der Waals surface area contributed by atoms with Crippen LogP contribution >= 0.6 is 15.9 Å². The van der Waals surface area contributed by atoms with Crippen molar-refractivity contribution in [1.82, 2.24) is 20.1 Å². The molecule has 0 saturated carbocycles. The Morgan fingerprint density at radius 3 is 2.90 bits per heavy atom. The Bertz CT molecular complexity index is 621. The second-order valence-electron chi connectivity index (χ2n) is 4.80. The number of nitrogens with one attached hydrogen (secondary N) is 1. The van der Waals surface area contributed by atoms with E-state index >= 15 is 0 Å². The molecule has 5 nitrogen and oxygen atoms in total. The second-order valence-corrected chi connectivity index (χ2v) is 5.72. The van der Waals surface area contributed by atoms with Crippen LogP contribution in [-0.4, -0.2) is 27.2 Å². The third-order valence-electron chi connectivity index (χ3n) is 3.43.